The third kappa shape index (κ3) is 4.29. The van der Waals surface area contributed by atoms with E-state index in [0.717, 1.165) is 24.8 Å². The normalized spacial score (nSPS) is 12.3. The molecule has 1 heterocycles. The Bertz CT molecular complexity index is 545. The summed E-state index contributed by atoms with van der Waals surface area (Å²) in [5.74, 6) is -0.296. The van der Waals surface area contributed by atoms with Gasteiger partial charge in [0, 0.05) is 23.5 Å². The van der Waals surface area contributed by atoms with Crippen LogP contribution in [0.15, 0.2) is 42.7 Å². The van der Waals surface area contributed by atoms with Crippen molar-refractivity contribution in [1.82, 2.24) is 10.3 Å². The summed E-state index contributed by atoms with van der Waals surface area (Å²) in [4.78, 5) is 4.11. The van der Waals surface area contributed by atoms with Crippen molar-refractivity contribution < 1.29 is 4.39 Å². The number of pyridine rings is 1. The van der Waals surface area contributed by atoms with Crippen LogP contribution in [0.1, 0.15) is 17.5 Å². The highest BCUT2D eigenvalue weighted by Crippen LogP contribution is 2.20. The fourth-order valence-corrected chi connectivity index (χ4v) is 2.43. The Morgan fingerprint density at radius 1 is 1.35 bits per heavy atom. The lowest BCUT2D eigenvalue weighted by Crippen LogP contribution is -2.28. The zero-order valence-corrected chi connectivity index (χ0v) is 12.2. The molecule has 0 bridgehead atoms. The zero-order chi connectivity index (χ0) is 14.4. The van der Waals surface area contributed by atoms with Gasteiger partial charge < -0.3 is 5.32 Å². The Labute approximate surface area is 124 Å². The third-order valence-electron chi connectivity index (χ3n) is 3.39. The van der Waals surface area contributed by atoms with Gasteiger partial charge in [0.15, 0.2) is 0 Å². The molecule has 0 aliphatic heterocycles. The first-order valence-corrected chi connectivity index (χ1v) is 7.07. The molecule has 2 rings (SSSR count). The molecule has 1 atom stereocenters. The Morgan fingerprint density at radius 3 is 2.85 bits per heavy atom. The number of hydrogen-bond acceptors (Lipinski definition) is 2. The van der Waals surface area contributed by atoms with E-state index in [1.165, 1.54) is 17.7 Å². The van der Waals surface area contributed by atoms with E-state index < -0.39 is 0 Å². The molecule has 1 N–H and O–H groups in total. The fraction of sp³-hybridized carbons (Fsp3) is 0.312. The van der Waals surface area contributed by atoms with Gasteiger partial charge in [-0.2, -0.15) is 0 Å². The predicted octanol–water partition coefficient (Wildman–Crippen LogP) is 3.64. The number of nitrogens with one attached hydrogen (secondary N) is 1. The zero-order valence-electron chi connectivity index (χ0n) is 11.4. The average Bonchev–Trinajstić information content (AvgIpc) is 2.46. The smallest absolute Gasteiger partial charge is 0.124 e. The molecule has 1 aromatic heterocycles. The van der Waals surface area contributed by atoms with Crippen LogP contribution in [0, 0.1) is 5.82 Å². The Hall–Kier alpha value is -1.45. The number of likely N-dealkylation sites (N-methyl/N-ethyl adjacent to an activating group) is 1. The van der Waals surface area contributed by atoms with E-state index in [2.05, 4.69) is 16.4 Å². The highest BCUT2D eigenvalue weighted by atomic mass is 35.5. The molecule has 0 spiro atoms. The fourth-order valence-electron chi connectivity index (χ4n) is 2.19. The Morgan fingerprint density at radius 2 is 2.20 bits per heavy atom. The third-order valence-corrected chi connectivity index (χ3v) is 3.75. The second-order valence-electron chi connectivity index (χ2n) is 4.83. The molecule has 0 aliphatic rings. The average molecular weight is 293 g/mol. The lowest BCUT2D eigenvalue weighted by atomic mass is 10.00. The first-order valence-electron chi connectivity index (χ1n) is 6.69. The van der Waals surface area contributed by atoms with Gasteiger partial charge in [-0.1, -0.05) is 23.7 Å². The molecule has 1 unspecified atom stereocenters. The van der Waals surface area contributed by atoms with Gasteiger partial charge >= 0.3 is 0 Å². The number of halogens is 2. The number of aryl methyl sites for hydroxylation is 1. The van der Waals surface area contributed by atoms with Crippen molar-refractivity contribution in [3.05, 3.63) is 64.7 Å². The minimum absolute atomic E-state index is 0.296. The van der Waals surface area contributed by atoms with Gasteiger partial charge in [-0.3, -0.25) is 4.98 Å². The van der Waals surface area contributed by atoms with Gasteiger partial charge in [-0.15, -0.1) is 0 Å². The summed E-state index contributed by atoms with van der Waals surface area (Å²) >= 11 is 6.07. The van der Waals surface area contributed by atoms with Crippen LogP contribution in [-0.4, -0.2) is 18.1 Å². The molecule has 0 aliphatic carbocycles. The molecule has 0 fully saturated rings. The van der Waals surface area contributed by atoms with Crippen LogP contribution in [0.3, 0.4) is 0 Å². The van der Waals surface area contributed by atoms with Crippen molar-refractivity contribution >= 4 is 11.6 Å². The monoisotopic (exact) mass is 292 g/mol. The maximum Gasteiger partial charge on any atom is 0.124 e. The summed E-state index contributed by atoms with van der Waals surface area (Å²) in [6, 6.07) is 8.90. The van der Waals surface area contributed by atoms with E-state index in [9.17, 15) is 4.39 Å². The Balaban J connectivity index is 1.95. The molecule has 4 heteroatoms. The largest absolute Gasteiger partial charge is 0.317 e. The van der Waals surface area contributed by atoms with Crippen LogP contribution in [0.2, 0.25) is 5.02 Å². The molecule has 0 radical (unpaired) electrons. The van der Waals surface area contributed by atoms with Crippen molar-refractivity contribution in [2.24, 2.45) is 0 Å². The summed E-state index contributed by atoms with van der Waals surface area (Å²) in [7, 11) is 1.94. The lowest BCUT2D eigenvalue weighted by molar-refractivity contribution is 0.519. The second-order valence-corrected chi connectivity index (χ2v) is 5.23. The van der Waals surface area contributed by atoms with Crippen LogP contribution in [0.25, 0.3) is 0 Å². The lowest BCUT2D eigenvalue weighted by Gasteiger charge is -2.17. The highest BCUT2D eigenvalue weighted by Gasteiger charge is 2.10. The number of rotatable bonds is 6. The standard InChI is InChI=1S/C16H18ClFN2/c1-19-15(7-4-12-3-2-8-20-11-12)9-13-5-6-14(18)10-16(13)17/h2-3,5-6,8,10-11,15,19H,4,7,9H2,1H3. The summed E-state index contributed by atoms with van der Waals surface area (Å²) in [6.07, 6.45) is 6.39. The first-order chi connectivity index (χ1) is 9.69. The minimum atomic E-state index is -0.296. The number of benzene rings is 1. The maximum absolute atomic E-state index is 13.0. The molecule has 2 nitrogen and oxygen atoms in total. The molecular formula is C16H18ClFN2. The first kappa shape index (κ1) is 14.9. The van der Waals surface area contributed by atoms with Crippen molar-refractivity contribution in [3.8, 4) is 0 Å². The quantitative estimate of drug-likeness (QED) is 0.879. The molecule has 0 amide bonds. The SMILES string of the molecule is CNC(CCc1cccnc1)Cc1ccc(F)cc1Cl. The van der Waals surface area contributed by atoms with Gasteiger partial charge in [-0.05, 0) is 55.6 Å². The topological polar surface area (TPSA) is 24.9 Å². The van der Waals surface area contributed by atoms with Crippen LogP contribution in [-0.2, 0) is 12.8 Å². The number of hydrogen-bond donors (Lipinski definition) is 1. The summed E-state index contributed by atoms with van der Waals surface area (Å²) in [5, 5.41) is 3.78. The van der Waals surface area contributed by atoms with Gasteiger partial charge in [0.05, 0.1) is 0 Å². The van der Waals surface area contributed by atoms with Crippen molar-refractivity contribution in [3.63, 3.8) is 0 Å². The molecule has 20 heavy (non-hydrogen) atoms. The maximum atomic E-state index is 13.0. The molecule has 106 valence electrons. The van der Waals surface area contributed by atoms with E-state index in [0.29, 0.717) is 11.1 Å². The minimum Gasteiger partial charge on any atom is -0.317 e. The number of aromatic nitrogens is 1. The van der Waals surface area contributed by atoms with E-state index in [-0.39, 0.29) is 5.82 Å². The van der Waals surface area contributed by atoms with E-state index in [1.54, 1.807) is 12.3 Å². The predicted molar refractivity (Wildman–Crippen MR) is 80.5 cm³/mol. The van der Waals surface area contributed by atoms with Gasteiger partial charge in [0.2, 0.25) is 0 Å². The van der Waals surface area contributed by atoms with E-state index in [1.807, 2.05) is 19.3 Å². The van der Waals surface area contributed by atoms with Crippen molar-refractivity contribution in [2.45, 2.75) is 25.3 Å². The van der Waals surface area contributed by atoms with E-state index in [4.69, 9.17) is 11.6 Å². The molecule has 0 saturated carbocycles. The van der Waals surface area contributed by atoms with Gasteiger partial charge in [-0.25, -0.2) is 4.39 Å². The van der Waals surface area contributed by atoms with Crippen LogP contribution in [0.5, 0.6) is 0 Å². The molecule has 1 aromatic carbocycles. The molecule has 2 aromatic rings. The van der Waals surface area contributed by atoms with Crippen molar-refractivity contribution in [1.29, 1.82) is 0 Å². The van der Waals surface area contributed by atoms with Crippen molar-refractivity contribution in [2.75, 3.05) is 7.05 Å². The summed E-state index contributed by atoms with van der Waals surface area (Å²) in [6.45, 7) is 0. The number of nitrogens with zero attached hydrogens (tertiary/aromatic N) is 1. The van der Waals surface area contributed by atoms with Crippen LogP contribution in [0.4, 0.5) is 4.39 Å². The molecular weight excluding hydrogens is 275 g/mol. The van der Waals surface area contributed by atoms with E-state index >= 15 is 0 Å². The van der Waals surface area contributed by atoms with Crippen LogP contribution < -0.4 is 5.32 Å². The van der Waals surface area contributed by atoms with Gasteiger partial charge in [0.25, 0.3) is 0 Å². The highest BCUT2D eigenvalue weighted by molar-refractivity contribution is 6.31. The second kappa shape index (κ2) is 7.36. The summed E-state index contributed by atoms with van der Waals surface area (Å²) < 4.78 is 13.0. The summed E-state index contributed by atoms with van der Waals surface area (Å²) in [5.41, 5.74) is 2.19. The Kier molecular flexibility index (Phi) is 5.50. The van der Waals surface area contributed by atoms with Crippen LogP contribution >= 0.6 is 11.6 Å². The van der Waals surface area contributed by atoms with Gasteiger partial charge in [0.1, 0.15) is 5.82 Å². The molecule has 0 saturated heterocycles.